The van der Waals surface area contributed by atoms with Crippen LogP contribution >= 0.6 is 0 Å². The van der Waals surface area contributed by atoms with Gasteiger partial charge in [-0.2, -0.15) is 0 Å². The molecule has 1 heterocycles. The van der Waals surface area contributed by atoms with Crippen LogP contribution in [-0.4, -0.2) is 56.5 Å². The van der Waals surface area contributed by atoms with Crippen LogP contribution in [0, 0.1) is 0 Å². The van der Waals surface area contributed by atoms with Crippen LogP contribution in [0.25, 0.3) is 10.9 Å². The van der Waals surface area contributed by atoms with E-state index in [1.807, 2.05) is 12.1 Å². The van der Waals surface area contributed by atoms with Crippen LogP contribution in [-0.2, 0) is 20.8 Å². The fraction of sp³-hybridized carbons (Fsp3) is 0.560. The summed E-state index contributed by atoms with van der Waals surface area (Å²) in [6.45, 7) is 10.9. The summed E-state index contributed by atoms with van der Waals surface area (Å²) in [6.07, 6.45) is 1.72. The first-order valence-corrected chi connectivity index (χ1v) is 11.5. The van der Waals surface area contributed by atoms with E-state index in [-0.39, 0.29) is 13.0 Å². The molecule has 0 aliphatic rings. The molecule has 1 atom stereocenters. The third-order valence-electron chi connectivity index (χ3n) is 4.95. The Bertz CT molecular complexity index is 1020. The predicted molar refractivity (Wildman–Crippen MR) is 130 cm³/mol. The second-order valence-corrected chi connectivity index (χ2v) is 10.3. The number of nitrogens with two attached hydrogens (primary N) is 1. The van der Waals surface area contributed by atoms with Crippen molar-refractivity contribution < 1.29 is 29.0 Å². The van der Waals surface area contributed by atoms with Crippen LogP contribution in [0.5, 0.6) is 0 Å². The quantitative estimate of drug-likeness (QED) is 0.528. The number of rotatable bonds is 8. The van der Waals surface area contributed by atoms with Gasteiger partial charge in [-0.05, 0) is 79.0 Å². The molecular weight excluding hydrogens is 438 g/mol. The predicted octanol–water partition coefficient (Wildman–Crippen LogP) is 4.74. The number of para-hydroxylation sites is 1. The SMILES string of the molecule is CC(C)(C)OC(=O)N(Cc1cn(C(=O)OC(C)(C)C)c2ccccc12)[C@@H](CCCCN)C(=O)O. The number of benzene rings is 1. The monoisotopic (exact) mass is 475 g/mol. The zero-order valence-electron chi connectivity index (χ0n) is 21.0. The van der Waals surface area contributed by atoms with Gasteiger partial charge in [-0.25, -0.2) is 14.4 Å². The van der Waals surface area contributed by atoms with E-state index in [9.17, 15) is 19.5 Å². The standard InChI is InChI=1S/C25H37N3O6/c1-24(2,3)33-22(31)27-15-17(18-11-7-8-12-19(18)27)16-28(23(32)34-25(4,5)6)20(21(29)30)13-9-10-14-26/h7-8,11-12,15,20H,9-10,13-14,16,26H2,1-6H3,(H,29,30)/t20-/m0/s1. The zero-order valence-corrected chi connectivity index (χ0v) is 21.0. The molecule has 0 fully saturated rings. The Labute approximate surface area is 200 Å². The van der Waals surface area contributed by atoms with E-state index in [0.29, 0.717) is 35.9 Å². The van der Waals surface area contributed by atoms with E-state index in [1.165, 1.54) is 9.47 Å². The normalized spacial score (nSPS) is 12.9. The number of hydrogen-bond acceptors (Lipinski definition) is 6. The Morgan fingerprint density at radius 2 is 1.65 bits per heavy atom. The fourth-order valence-electron chi connectivity index (χ4n) is 3.54. The van der Waals surface area contributed by atoms with Gasteiger partial charge in [-0.3, -0.25) is 9.47 Å². The Hall–Kier alpha value is -3.07. The van der Waals surface area contributed by atoms with Crippen LogP contribution in [0.1, 0.15) is 66.4 Å². The third kappa shape index (κ3) is 7.48. The van der Waals surface area contributed by atoms with Crippen molar-refractivity contribution in [1.82, 2.24) is 9.47 Å². The number of carboxylic acids is 1. The Morgan fingerprint density at radius 3 is 2.21 bits per heavy atom. The van der Waals surface area contributed by atoms with E-state index < -0.39 is 35.4 Å². The molecule has 0 radical (unpaired) electrons. The molecule has 0 saturated heterocycles. The van der Waals surface area contributed by atoms with Crippen LogP contribution in [0.4, 0.5) is 9.59 Å². The number of aromatic nitrogens is 1. The van der Waals surface area contributed by atoms with Crippen molar-refractivity contribution >= 4 is 29.1 Å². The number of carbonyl (C=O) groups excluding carboxylic acids is 2. The van der Waals surface area contributed by atoms with Gasteiger partial charge in [-0.1, -0.05) is 18.2 Å². The van der Waals surface area contributed by atoms with Gasteiger partial charge in [0.2, 0.25) is 0 Å². The number of ether oxygens (including phenoxy) is 2. The molecule has 2 rings (SSSR count). The van der Waals surface area contributed by atoms with Crippen molar-refractivity contribution in [2.24, 2.45) is 5.73 Å². The first-order chi connectivity index (χ1) is 15.7. The number of unbranched alkanes of at least 4 members (excludes halogenated alkanes) is 1. The number of aliphatic carboxylic acids is 1. The van der Waals surface area contributed by atoms with Crippen LogP contribution in [0.15, 0.2) is 30.5 Å². The molecular formula is C25H37N3O6. The average Bonchev–Trinajstić information content (AvgIpc) is 3.06. The molecule has 9 nitrogen and oxygen atoms in total. The Balaban J connectivity index is 2.50. The van der Waals surface area contributed by atoms with Gasteiger partial charge < -0.3 is 20.3 Å². The van der Waals surface area contributed by atoms with Gasteiger partial charge in [0.05, 0.1) is 12.1 Å². The fourth-order valence-corrected chi connectivity index (χ4v) is 3.54. The summed E-state index contributed by atoms with van der Waals surface area (Å²) in [7, 11) is 0. The van der Waals surface area contributed by atoms with Crippen molar-refractivity contribution in [3.05, 3.63) is 36.0 Å². The molecule has 3 N–H and O–H groups in total. The Kier molecular flexibility index (Phi) is 8.72. The van der Waals surface area contributed by atoms with E-state index in [2.05, 4.69) is 0 Å². The minimum absolute atomic E-state index is 0.0508. The van der Waals surface area contributed by atoms with Crippen molar-refractivity contribution in [2.75, 3.05) is 6.54 Å². The molecule has 9 heteroatoms. The zero-order chi connectivity index (χ0) is 25.7. The number of carboxylic acid groups (broad SMARTS) is 1. The van der Waals surface area contributed by atoms with Gasteiger partial charge >= 0.3 is 18.2 Å². The molecule has 0 unspecified atom stereocenters. The molecule has 34 heavy (non-hydrogen) atoms. The van der Waals surface area contributed by atoms with E-state index in [4.69, 9.17) is 15.2 Å². The minimum Gasteiger partial charge on any atom is -0.480 e. The molecule has 188 valence electrons. The van der Waals surface area contributed by atoms with Crippen LogP contribution in [0.2, 0.25) is 0 Å². The molecule has 1 amide bonds. The number of nitrogens with zero attached hydrogens (tertiary/aromatic N) is 2. The van der Waals surface area contributed by atoms with Crippen molar-refractivity contribution in [3.8, 4) is 0 Å². The number of amides is 1. The lowest BCUT2D eigenvalue weighted by atomic mass is 10.1. The maximum Gasteiger partial charge on any atom is 0.419 e. The van der Waals surface area contributed by atoms with E-state index in [0.717, 1.165) is 0 Å². The van der Waals surface area contributed by atoms with E-state index >= 15 is 0 Å². The summed E-state index contributed by atoms with van der Waals surface area (Å²) in [5.41, 5.74) is 5.29. The topological polar surface area (TPSA) is 124 Å². The highest BCUT2D eigenvalue weighted by atomic mass is 16.6. The first-order valence-electron chi connectivity index (χ1n) is 11.5. The average molecular weight is 476 g/mol. The van der Waals surface area contributed by atoms with Gasteiger partial charge in [0.25, 0.3) is 0 Å². The van der Waals surface area contributed by atoms with Crippen molar-refractivity contribution in [1.29, 1.82) is 0 Å². The molecule has 1 aromatic carbocycles. The number of hydrogen-bond donors (Lipinski definition) is 2. The van der Waals surface area contributed by atoms with Gasteiger partial charge in [-0.15, -0.1) is 0 Å². The lowest BCUT2D eigenvalue weighted by Crippen LogP contribution is -2.46. The van der Waals surface area contributed by atoms with Crippen LogP contribution in [0.3, 0.4) is 0 Å². The summed E-state index contributed by atoms with van der Waals surface area (Å²) >= 11 is 0. The summed E-state index contributed by atoms with van der Waals surface area (Å²) < 4.78 is 12.5. The lowest BCUT2D eigenvalue weighted by Gasteiger charge is -2.31. The first kappa shape index (κ1) is 27.2. The van der Waals surface area contributed by atoms with E-state index in [1.54, 1.807) is 59.9 Å². The maximum absolute atomic E-state index is 13.1. The molecule has 0 saturated carbocycles. The molecule has 1 aromatic heterocycles. The van der Waals surface area contributed by atoms with Gasteiger partial charge in [0.1, 0.15) is 17.2 Å². The van der Waals surface area contributed by atoms with Gasteiger partial charge in [0, 0.05) is 11.6 Å². The second kappa shape index (κ2) is 10.9. The third-order valence-corrected chi connectivity index (χ3v) is 4.95. The smallest absolute Gasteiger partial charge is 0.419 e. The number of fused-ring (bicyclic) bond motifs is 1. The minimum atomic E-state index is -1.13. The van der Waals surface area contributed by atoms with Crippen LogP contribution < -0.4 is 5.73 Å². The summed E-state index contributed by atoms with van der Waals surface area (Å²) in [6, 6.07) is 6.11. The summed E-state index contributed by atoms with van der Waals surface area (Å²) in [5.74, 6) is -1.13. The largest absolute Gasteiger partial charge is 0.480 e. The number of carbonyl (C=O) groups is 3. The second-order valence-electron chi connectivity index (χ2n) is 10.3. The molecule has 0 bridgehead atoms. The van der Waals surface area contributed by atoms with Crippen molar-refractivity contribution in [2.45, 2.75) is 84.6 Å². The summed E-state index contributed by atoms with van der Waals surface area (Å²) in [5, 5.41) is 10.7. The van der Waals surface area contributed by atoms with Gasteiger partial charge in [0.15, 0.2) is 0 Å². The van der Waals surface area contributed by atoms with Crippen molar-refractivity contribution in [3.63, 3.8) is 0 Å². The highest BCUT2D eigenvalue weighted by Crippen LogP contribution is 2.26. The lowest BCUT2D eigenvalue weighted by molar-refractivity contribution is -0.143. The molecule has 0 spiro atoms. The molecule has 0 aliphatic carbocycles. The highest BCUT2D eigenvalue weighted by molar-refractivity contribution is 5.92. The summed E-state index contributed by atoms with van der Waals surface area (Å²) in [4.78, 5) is 39.3. The molecule has 0 aliphatic heterocycles. The maximum atomic E-state index is 13.1. The Morgan fingerprint density at radius 1 is 1.03 bits per heavy atom. The highest BCUT2D eigenvalue weighted by Gasteiger charge is 2.34. The molecule has 2 aromatic rings.